The monoisotopic (exact) mass is 290 g/mol. The Morgan fingerprint density at radius 3 is 2.76 bits per heavy atom. The summed E-state index contributed by atoms with van der Waals surface area (Å²) in [5.74, 6) is 1.22. The van der Waals surface area contributed by atoms with E-state index < -0.39 is 0 Å². The lowest BCUT2D eigenvalue weighted by molar-refractivity contribution is 0.177. The number of ether oxygens (including phenoxy) is 1. The molecule has 1 aromatic carbocycles. The molecule has 1 aliphatic heterocycles. The smallest absolute Gasteiger partial charge is 0.125 e. The van der Waals surface area contributed by atoms with E-state index in [1.807, 2.05) is 12.1 Å². The Kier molecular flexibility index (Phi) is 4.22. The molecule has 2 heterocycles. The van der Waals surface area contributed by atoms with Gasteiger partial charge in [0.15, 0.2) is 0 Å². The van der Waals surface area contributed by atoms with E-state index in [0.717, 1.165) is 37.5 Å². The van der Waals surface area contributed by atoms with E-state index in [9.17, 15) is 4.39 Å². The lowest BCUT2D eigenvalue weighted by Crippen LogP contribution is -2.45. The maximum atomic E-state index is 13.7. The first-order valence-electron chi connectivity index (χ1n) is 7.11. The molecule has 21 heavy (non-hydrogen) atoms. The number of rotatable bonds is 4. The molecule has 5 heteroatoms. The van der Waals surface area contributed by atoms with Crippen molar-refractivity contribution >= 4 is 0 Å². The van der Waals surface area contributed by atoms with Crippen molar-refractivity contribution in [1.82, 2.24) is 10.2 Å². The minimum Gasteiger partial charge on any atom is -0.496 e. The number of hydrogen-bond donors (Lipinski definition) is 1. The topological polar surface area (TPSA) is 37.6 Å². The summed E-state index contributed by atoms with van der Waals surface area (Å²) in [6, 6.07) is 8.27. The molecule has 1 aliphatic rings. The molecule has 0 aliphatic carbocycles. The average molecular weight is 290 g/mol. The van der Waals surface area contributed by atoms with Gasteiger partial charge in [0, 0.05) is 31.7 Å². The minimum atomic E-state index is -0.266. The molecule has 2 aromatic rings. The molecule has 112 valence electrons. The molecule has 0 spiro atoms. The van der Waals surface area contributed by atoms with Gasteiger partial charge in [-0.3, -0.25) is 4.90 Å². The molecule has 1 N–H and O–H groups in total. The zero-order valence-corrected chi connectivity index (χ0v) is 12.0. The zero-order valence-electron chi connectivity index (χ0n) is 12.0. The second kappa shape index (κ2) is 6.28. The van der Waals surface area contributed by atoms with Crippen LogP contribution >= 0.6 is 0 Å². The molecule has 1 unspecified atom stereocenters. The van der Waals surface area contributed by atoms with Gasteiger partial charge in [0.25, 0.3) is 0 Å². The van der Waals surface area contributed by atoms with Crippen molar-refractivity contribution in [3.05, 3.63) is 53.7 Å². The first-order chi connectivity index (χ1) is 10.3. The maximum Gasteiger partial charge on any atom is 0.125 e. The van der Waals surface area contributed by atoms with Gasteiger partial charge in [-0.05, 0) is 30.3 Å². The van der Waals surface area contributed by atoms with E-state index in [2.05, 4.69) is 10.2 Å². The summed E-state index contributed by atoms with van der Waals surface area (Å²) in [6.07, 6.45) is 1.65. The van der Waals surface area contributed by atoms with Crippen LogP contribution in [0.4, 0.5) is 4.39 Å². The summed E-state index contributed by atoms with van der Waals surface area (Å²) in [4.78, 5) is 2.28. The second-order valence-corrected chi connectivity index (χ2v) is 5.09. The minimum absolute atomic E-state index is 0.132. The van der Waals surface area contributed by atoms with Crippen molar-refractivity contribution in [1.29, 1.82) is 0 Å². The Morgan fingerprint density at radius 1 is 1.29 bits per heavy atom. The molecule has 0 saturated carbocycles. The van der Waals surface area contributed by atoms with Gasteiger partial charge >= 0.3 is 0 Å². The Labute approximate surface area is 123 Å². The number of benzene rings is 1. The Morgan fingerprint density at radius 2 is 2.10 bits per heavy atom. The predicted octanol–water partition coefficient (Wildman–Crippen LogP) is 2.42. The highest BCUT2D eigenvalue weighted by molar-refractivity contribution is 5.40. The number of hydrogen-bond acceptors (Lipinski definition) is 4. The Balaban J connectivity index is 2.04. The number of piperazine rings is 1. The first kappa shape index (κ1) is 14.1. The molecule has 1 aromatic heterocycles. The third-order valence-corrected chi connectivity index (χ3v) is 3.82. The van der Waals surface area contributed by atoms with Gasteiger partial charge in [0.2, 0.25) is 0 Å². The number of nitrogens with one attached hydrogen (secondary N) is 1. The van der Waals surface area contributed by atoms with E-state index in [4.69, 9.17) is 9.15 Å². The molecule has 4 nitrogen and oxygen atoms in total. The third-order valence-electron chi connectivity index (χ3n) is 3.82. The van der Waals surface area contributed by atoms with Crippen molar-refractivity contribution in [2.24, 2.45) is 0 Å². The normalized spacial score (nSPS) is 17.6. The molecular weight excluding hydrogens is 271 g/mol. The van der Waals surface area contributed by atoms with Gasteiger partial charge in [0.1, 0.15) is 17.3 Å². The molecule has 0 bridgehead atoms. The van der Waals surface area contributed by atoms with Gasteiger partial charge in [-0.15, -0.1) is 0 Å². The summed E-state index contributed by atoms with van der Waals surface area (Å²) in [7, 11) is 1.60. The SMILES string of the molecule is COc1ccc(F)cc1C(c1ccco1)N1CCNCC1. The fraction of sp³-hybridized carbons (Fsp3) is 0.375. The number of halogens is 1. The van der Waals surface area contributed by atoms with Crippen molar-refractivity contribution in [3.63, 3.8) is 0 Å². The van der Waals surface area contributed by atoms with Crippen LogP contribution in [0.5, 0.6) is 5.75 Å². The van der Waals surface area contributed by atoms with E-state index >= 15 is 0 Å². The van der Waals surface area contributed by atoms with E-state index in [1.165, 1.54) is 12.1 Å². The number of furan rings is 1. The molecule has 1 saturated heterocycles. The Bertz CT molecular complexity index is 580. The average Bonchev–Trinajstić information content (AvgIpc) is 3.03. The van der Waals surface area contributed by atoms with Crippen LogP contribution in [0.1, 0.15) is 17.4 Å². The van der Waals surface area contributed by atoms with E-state index in [-0.39, 0.29) is 11.9 Å². The van der Waals surface area contributed by atoms with Gasteiger partial charge in [-0.2, -0.15) is 0 Å². The molecule has 1 atom stereocenters. The molecular formula is C16H19FN2O2. The van der Waals surface area contributed by atoms with Crippen LogP contribution in [0.25, 0.3) is 0 Å². The second-order valence-electron chi connectivity index (χ2n) is 5.09. The van der Waals surface area contributed by atoms with Crippen LogP contribution in [0.2, 0.25) is 0 Å². The quantitative estimate of drug-likeness (QED) is 0.938. The molecule has 0 amide bonds. The fourth-order valence-electron chi connectivity index (χ4n) is 2.84. The van der Waals surface area contributed by atoms with Crippen LogP contribution < -0.4 is 10.1 Å². The van der Waals surface area contributed by atoms with Gasteiger partial charge < -0.3 is 14.5 Å². The lowest BCUT2D eigenvalue weighted by Gasteiger charge is -2.34. The summed E-state index contributed by atoms with van der Waals surface area (Å²) in [5, 5.41) is 3.33. The van der Waals surface area contributed by atoms with Crippen molar-refractivity contribution in [2.75, 3.05) is 33.3 Å². The van der Waals surface area contributed by atoms with Crippen LogP contribution in [0.3, 0.4) is 0 Å². The predicted molar refractivity (Wildman–Crippen MR) is 77.9 cm³/mol. The molecule has 1 fully saturated rings. The third kappa shape index (κ3) is 2.94. The largest absolute Gasteiger partial charge is 0.496 e. The van der Waals surface area contributed by atoms with Gasteiger partial charge in [-0.1, -0.05) is 0 Å². The molecule has 0 radical (unpaired) electrons. The first-order valence-corrected chi connectivity index (χ1v) is 7.11. The highest BCUT2D eigenvalue weighted by Gasteiger charge is 2.28. The van der Waals surface area contributed by atoms with Gasteiger partial charge in [-0.25, -0.2) is 4.39 Å². The summed E-state index contributed by atoms with van der Waals surface area (Å²) in [5.41, 5.74) is 0.800. The zero-order chi connectivity index (χ0) is 14.7. The number of methoxy groups -OCH3 is 1. The van der Waals surface area contributed by atoms with Crippen molar-refractivity contribution in [2.45, 2.75) is 6.04 Å². The van der Waals surface area contributed by atoms with Crippen LogP contribution in [0.15, 0.2) is 41.0 Å². The number of nitrogens with zero attached hydrogens (tertiary/aromatic N) is 1. The highest BCUT2D eigenvalue weighted by atomic mass is 19.1. The highest BCUT2D eigenvalue weighted by Crippen LogP contribution is 2.35. The molecule has 3 rings (SSSR count). The summed E-state index contributed by atoms with van der Waals surface area (Å²) >= 11 is 0. The van der Waals surface area contributed by atoms with E-state index in [1.54, 1.807) is 19.4 Å². The lowest BCUT2D eigenvalue weighted by atomic mass is 10.0. The summed E-state index contributed by atoms with van der Waals surface area (Å²) < 4.78 is 24.8. The summed E-state index contributed by atoms with van der Waals surface area (Å²) in [6.45, 7) is 3.58. The standard InChI is InChI=1S/C16H19FN2O2/c1-20-14-5-4-12(17)11-13(14)16(15-3-2-10-21-15)19-8-6-18-7-9-19/h2-5,10-11,16,18H,6-9H2,1H3. The van der Waals surface area contributed by atoms with Crippen molar-refractivity contribution in [3.8, 4) is 5.75 Å². The van der Waals surface area contributed by atoms with Gasteiger partial charge in [0.05, 0.1) is 19.4 Å². The van der Waals surface area contributed by atoms with Crippen LogP contribution in [0, 0.1) is 5.82 Å². The van der Waals surface area contributed by atoms with Crippen LogP contribution in [-0.2, 0) is 0 Å². The fourth-order valence-corrected chi connectivity index (χ4v) is 2.84. The Hall–Kier alpha value is -1.85. The van der Waals surface area contributed by atoms with E-state index in [0.29, 0.717) is 5.75 Å². The maximum absolute atomic E-state index is 13.7. The van der Waals surface area contributed by atoms with Crippen molar-refractivity contribution < 1.29 is 13.5 Å². The van der Waals surface area contributed by atoms with Crippen LogP contribution in [-0.4, -0.2) is 38.2 Å².